The third kappa shape index (κ3) is 5.10. The molecule has 0 aromatic heterocycles. The van der Waals surface area contributed by atoms with E-state index in [4.69, 9.17) is 0 Å². The molecule has 1 saturated carbocycles. The van der Waals surface area contributed by atoms with Crippen LogP contribution in [0.25, 0.3) is 0 Å². The van der Waals surface area contributed by atoms with Gasteiger partial charge in [0.05, 0.1) is 4.90 Å². The fourth-order valence-electron chi connectivity index (χ4n) is 3.29. The quantitative estimate of drug-likeness (QED) is 0.812. The fraction of sp³-hybridized carbons (Fsp3) is 0.381. The molecule has 3 rings (SSSR count). The molecule has 5 nitrogen and oxygen atoms in total. The Morgan fingerprint density at radius 2 is 1.52 bits per heavy atom. The Balaban J connectivity index is 1.65. The minimum atomic E-state index is -3.68. The molecule has 1 amide bonds. The number of carbonyl (C=O) groups is 1. The van der Waals surface area contributed by atoms with Crippen molar-refractivity contribution >= 4 is 21.6 Å². The molecule has 27 heavy (non-hydrogen) atoms. The van der Waals surface area contributed by atoms with Gasteiger partial charge in [0.15, 0.2) is 0 Å². The van der Waals surface area contributed by atoms with Gasteiger partial charge in [-0.25, -0.2) is 8.42 Å². The Morgan fingerprint density at radius 3 is 2.11 bits per heavy atom. The summed E-state index contributed by atoms with van der Waals surface area (Å²) in [4.78, 5) is 12.5. The lowest BCUT2D eigenvalue weighted by Crippen LogP contribution is -2.37. The molecule has 0 bridgehead atoms. The van der Waals surface area contributed by atoms with Crippen molar-refractivity contribution in [3.05, 3.63) is 59.7 Å². The Hall–Kier alpha value is -2.34. The summed E-state index contributed by atoms with van der Waals surface area (Å²) in [6.07, 6.45) is 4.26. The van der Waals surface area contributed by atoms with Crippen LogP contribution < -0.4 is 10.0 Å². The van der Waals surface area contributed by atoms with Crippen LogP contribution in [0.1, 0.15) is 48.5 Å². The van der Waals surface area contributed by atoms with Crippen LogP contribution in [-0.4, -0.2) is 20.4 Å². The normalized spacial score (nSPS) is 20.1. The number of amides is 1. The topological polar surface area (TPSA) is 75.3 Å². The van der Waals surface area contributed by atoms with Gasteiger partial charge in [0, 0.05) is 17.3 Å². The number of carbonyl (C=O) groups excluding carboxylic acids is 1. The maximum absolute atomic E-state index is 12.5. The van der Waals surface area contributed by atoms with Gasteiger partial charge in [0.25, 0.3) is 15.9 Å². The molecule has 1 aliphatic carbocycles. The fourth-order valence-corrected chi connectivity index (χ4v) is 4.35. The summed E-state index contributed by atoms with van der Waals surface area (Å²) in [5.74, 6) is 0.577. The second-order valence-corrected chi connectivity index (χ2v) is 9.11. The number of anilines is 1. The molecule has 0 atom stereocenters. The number of sulfonamides is 1. The molecule has 0 heterocycles. The lowest BCUT2D eigenvalue weighted by molar-refractivity contribution is 0.0923. The van der Waals surface area contributed by atoms with Crippen molar-refractivity contribution in [3.8, 4) is 0 Å². The zero-order chi connectivity index (χ0) is 19.4. The van der Waals surface area contributed by atoms with Gasteiger partial charge in [-0.3, -0.25) is 9.52 Å². The molecule has 0 radical (unpaired) electrons. The summed E-state index contributed by atoms with van der Waals surface area (Å²) < 4.78 is 27.6. The highest BCUT2D eigenvalue weighted by Crippen LogP contribution is 2.24. The van der Waals surface area contributed by atoms with Gasteiger partial charge in [-0.2, -0.15) is 0 Å². The minimum absolute atomic E-state index is 0.131. The first kappa shape index (κ1) is 19.4. The number of aryl methyl sites for hydroxylation is 1. The van der Waals surface area contributed by atoms with Crippen molar-refractivity contribution in [2.45, 2.75) is 50.5 Å². The van der Waals surface area contributed by atoms with Crippen molar-refractivity contribution in [2.75, 3.05) is 4.72 Å². The molecule has 144 valence electrons. The van der Waals surface area contributed by atoms with Crippen molar-refractivity contribution in [2.24, 2.45) is 5.92 Å². The second-order valence-electron chi connectivity index (χ2n) is 7.43. The molecule has 0 spiro atoms. The van der Waals surface area contributed by atoms with Crippen molar-refractivity contribution in [3.63, 3.8) is 0 Å². The highest BCUT2D eigenvalue weighted by atomic mass is 32.2. The van der Waals surface area contributed by atoms with E-state index in [9.17, 15) is 13.2 Å². The van der Waals surface area contributed by atoms with E-state index in [2.05, 4.69) is 17.0 Å². The Morgan fingerprint density at radius 1 is 0.926 bits per heavy atom. The average Bonchev–Trinajstić information content (AvgIpc) is 2.65. The monoisotopic (exact) mass is 386 g/mol. The predicted octanol–water partition coefficient (Wildman–Crippen LogP) is 4.10. The second kappa shape index (κ2) is 8.13. The summed E-state index contributed by atoms with van der Waals surface area (Å²) in [5, 5.41) is 3.06. The third-order valence-electron chi connectivity index (χ3n) is 5.08. The van der Waals surface area contributed by atoms with Gasteiger partial charge in [0.1, 0.15) is 0 Å². The third-order valence-corrected chi connectivity index (χ3v) is 6.48. The molecular weight excluding hydrogens is 360 g/mol. The van der Waals surface area contributed by atoms with E-state index < -0.39 is 10.0 Å². The molecule has 0 aliphatic heterocycles. The van der Waals surface area contributed by atoms with Gasteiger partial charge in [-0.15, -0.1) is 0 Å². The minimum Gasteiger partial charge on any atom is -0.349 e. The molecule has 2 aromatic carbocycles. The van der Waals surface area contributed by atoms with Crippen LogP contribution in [0.2, 0.25) is 0 Å². The van der Waals surface area contributed by atoms with Crippen LogP contribution in [0.5, 0.6) is 0 Å². The molecule has 1 fully saturated rings. The van der Waals surface area contributed by atoms with Gasteiger partial charge in [-0.05, 0) is 74.9 Å². The maximum atomic E-state index is 12.5. The largest absolute Gasteiger partial charge is 0.349 e. The summed E-state index contributed by atoms with van der Waals surface area (Å²) in [7, 11) is -3.68. The number of hydrogen-bond donors (Lipinski definition) is 2. The molecule has 1 aliphatic rings. The number of benzene rings is 2. The van der Waals surface area contributed by atoms with Crippen LogP contribution in [-0.2, 0) is 10.0 Å². The highest BCUT2D eigenvalue weighted by molar-refractivity contribution is 7.92. The Bertz CT molecular complexity index is 882. The van der Waals surface area contributed by atoms with Gasteiger partial charge < -0.3 is 5.32 Å². The maximum Gasteiger partial charge on any atom is 0.261 e. The lowest BCUT2D eigenvalue weighted by Gasteiger charge is -2.26. The van der Waals surface area contributed by atoms with Crippen LogP contribution in [0, 0.1) is 12.8 Å². The first-order chi connectivity index (χ1) is 12.8. The van der Waals surface area contributed by atoms with E-state index in [1.54, 1.807) is 24.3 Å². The zero-order valence-corrected chi connectivity index (χ0v) is 16.6. The van der Waals surface area contributed by atoms with E-state index in [0.29, 0.717) is 11.3 Å². The standard InChI is InChI=1S/C21H26N2O3S/c1-15-3-9-18(10-4-15)22-21(24)17-7-13-20(14-8-17)27(25,26)23-19-11-5-16(2)6-12-19/h5-8,11-15,18,23H,3-4,9-10H2,1-2H3,(H,22,24). The van der Waals surface area contributed by atoms with E-state index in [1.807, 2.05) is 19.1 Å². The van der Waals surface area contributed by atoms with Crippen molar-refractivity contribution in [1.82, 2.24) is 5.32 Å². The van der Waals surface area contributed by atoms with Gasteiger partial charge in [0.2, 0.25) is 0 Å². The van der Waals surface area contributed by atoms with Crippen LogP contribution in [0.4, 0.5) is 5.69 Å². The summed E-state index contributed by atoms with van der Waals surface area (Å²) in [5.41, 5.74) is 2.04. The van der Waals surface area contributed by atoms with Crippen LogP contribution in [0.15, 0.2) is 53.4 Å². The van der Waals surface area contributed by atoms with Crippen LogP contribution in [0.3, 0.4) is 0 Å². The summed E-state index contributed by atoms with van der Waals surface area (Å²) in [6.45, 7) is 4.18. The predicted molar refractivity (Wildman–Crippen MR) is 107 cm³/mol. The first-order valence-corrected chi connectivity index (χ1v) is 10.8. The van der Waals surface area contributed by atoms with Crippen molar-refractivity contribution in [1.29, 1.82) is 0 Å². The zero-order valence-electron chi connectivity index (χ0n) is 15.7. The molecular formula is C21H26N2O3S. The molecule has 2 aromatic rings. The molecule has 2 N–H and O–H groups in total. The first-order valence-electron chi connectivity index (χ1n) is 9.34. The number of hydrogen-bond acceptors (Lipinski definition) is 3. The SMILES string of the molecule is Cc1ccc(NS(=O)(=O)c2ccc(C(=O)NC3CCC(C)CC3)cc2)cc1. The van der Waals surface area contributed by atoms with Crippen LogP contribution >= 0.6 is 0 Å². The highest BCUT2D eigenvalue weighted by Gasteiger charge is 2.21. The van der Waals surface area contributed by atoms with E-state index in [0.717, 1.165) is 37.2 Å². The Kier molecular flexibility index (Phi) is 5.85. The van der Waals surface area contributed by atoms with Gasteiger partial charge in [-0.1, -0.05) is 24.6 Å². The number of rotatable bonds is 5. The number of nitrogens with one attached hydrogen (secondary N) is 2. The van der Waals surface area contributed by atoms with E-state index in [-0.39, 0.29) is 16.8 Å². The van der Waals surface area contributed by atoms with E-state index in [1.165, 1.54) is 12.1 Å². The van der Waals surface area contributed by atoms with E-state index >= 15 is 0 Å². The molecule has 0 unspecified atom stereocenters. The van der Waals surface area contributed by atoms with Crippen molar-refractivity contribution < 1.29 is 13.2 Å². The summed E-state index contributed by atoms with van der Waals surface area (Å²) >= 11 is 0. The Labute approximate surface area is 161 Å². The average molecular weight is 387 g/mol. The molecule has 6 heteroatoms. The lowest BCUT2D eigenvalue weighted by atomic mass is 9.87. The smallest absolute Gasteiger partial charge is 0.261 e. The molecule has 0 saturated heterocycles. The summed E-state index contributed by atoms with van der Waals surface area (Å²) in [6, 6.07) is 13.4. The van der Waals surface area contributed by atoms with Gasteiger partial charge >= 0.3 is 0 Å².